The number of ether oxygens (including phenoxy) is 4. The molecule has 8 atom stereocenters. The monoisotopic (exact) mass is 508 g/mol. The van der Waals surface area contributed by atoms with Gasteiger partial charge in [0.15, 0.2) is 12.1 Å². The van der Waals surface area contributed by atoms with Crippen molar-refractivity contribution in [2.24, 2.45) is 5.92 Å². The van der Waals surface area contributed by atoms with Crippen LogP contribution in [0, 0.1) is 5.92 Å². The molecule has 3 aliphatic rings. The first-order chi connectivity index (χ1) is 17.1. The summed E-state index contributed by atoms with van der Waals surface area (Å²) in [7, 11) is 0. The summed E-state index contributed by atoms with van der Waals surface area (Å²) in [6, 6.07) is 6.24. The fourth-order valence-corrected chi connectivity index (χ4v) is 4.64. The number of phenols is 1. The molecule has 12 heteroatoms. The number of allylic oxidation sites excluding steroid dienone is 1. The van der Waals surface area contributed by atoms with Gasteiger partial charge in [0.2, 0.25) is 0 Å². The van der Waals surface area contributed by atoms with Crippen LogP contribution in [0.25, 0.3) is 5.57 Å². The maximum Gasteiger partial charge on any atom is 0.317 e. The number of ketones is 1. The van der Waals surface area contributed by atoms with Gasteiger partial charge >= 0.3 is 11.9 Å². The average molecular weight is 508 g/mol. The zero-order valence-corrected chi connectivity index (χ0v) is 19.1. The number of Topliss-reactive ketones (excluding diaryl/α,β-unsaturated/α-hetero) is 1. The van der Waals surface area contributed by atoms with E-state index < -0.39 is 73.8 Å². The van der Waals surface area contributed by atoms with Crippen LogP contribution >= 0.6 is 0 Å². The Morgan fingerprint density at radius 1 is 1.03 bits per heavy atom. The minimum Gasteiger partial charge on any atom is -0.508 e. The van der Waals surface area contributed by atoms with Crippen LogP contribution in [0.15, 0.2) is 30.5 Å². The summed E-state index contributed by atoms with van der Waals surface area (Å²) in [4.78, 5) is 35.1. The number of hydrogen-bond acceptors (Lipinski definition) is 11. The highest BCUT2D eigenvalue weighted by Gasteiger charge is 2.47. The molecule has 2 fully saturated rings. The number of benzene rings is 1. The standard InChI is InChI=1S/C24H28O12/c25-12-3-1-11(2-4-12)15-9-33-16-7-13(5-6-14(16)20(15)29)35-24-23(32)22(31)21(30)17(36-24)10-34-19(28)8-18(26)27/h1-4,9,13-14,16-17,21-25,30-32H,5-8,10H2,(H,26,27)/t13?,14?,16?,17-,21-,22+,23-,24-/m1/s1. The molecule has 196 valence electrons. The van der Waals surface area contributed by atoms with E-state index in [1.807, 2.05) is 0 Å². The van der Waals surface area contributed by atoms with Gasteiger partial charge in [0.05, 0.1) is 23.9 Å². The van der Waals surface area contributed by atoms with E-state index in [0.717, 1.165) is 0 Å². The number of carboxylic acid groups (broad SMARTS) is 1. The summed E-state index contributed by atoms with van der Waals surface area (Å²) in [5.41, 5.74) is 1.05. The first-order valence-electron chi connectivity index (χ1n) is 11.6. The molecule has 2 aliphatic heterocycles. The van der Waals surface area contributed by atoms with Crippen LogP contribution in [0.2, 0.25) is 0 Å². The number of rotatable bonds is 7. The number of phenolic OH excluding ortho intramolecular Hbond substituents is 1. The fourth-order valence-electron chi connectivity index (χ4n) is 4.64. The van der Waals surface area contributed by atoms with Gasteiger partial charge in [-0.2, -0.15) is 0 Å². The number of carboxylic acids is 1. The molecule has 4 rings (SSSR count). The summed E-state index contributed by atoms with van der Waals surface area (Å²) in [6.45, 7) is -0.547. The third-order valence-electron chi connectivity index (χ3n) is 6.58. The lowest BCUT2D eigenvalue weighted by molar-refractivity contribution is -0.315. The lowest BCUT2D eigenvalue weighted by atomic mass is 9.78. The van der Waals surface area contributed by atoms with Crippen molar-refractivity contribution in [1.29, 1.82) is 0 Å². The molecular weight excluding hydrogens is 480 g/mol. The highest BCUT2D eigenvalue weighted by atomic mass is 16.7. The molecule has 0 radical (unpaired) electrons. The number of esters is 1. The molecule has 0 aromatic heterocycles. The molecule has 0 spiro atoms. The van der Waals surface area contributed by atoms with Crippen molar-refractivity contribution in [3.05, 3.63) is 36.1 Å². The van der Waals surface area contributed by atoms with Gasteiger partial charge < -0.3 is 44.5 Å². The summed E-state index contributed by atoms with van der Waals surface area (Å²) < 4.78 is 22.0. The second-order valence-electron chi connectivity index (χ2n) is 9.06. The molecule has 1 aliphatic carbocycles. The quantitative estimate of drug-likeness (QED) is 0.239. The van der Waals surface area contributed by atoms with E-state index in [4.69, 9.17) is 24.1 Å². The van der Waals surface area contributed by atoms with Crippen LogP contribution in [0.5, 0.6) is 5.75 Å². The largest absolute Gasteiger partial charge is 0.508 e. The molecule has 12 nitrogen and oxygen atoms in total. The van der Waals surface area contributed by atoms with Gasteiger partial charge in [-0.15, -0.1) is 0 Å². The molecular formula is C24H28O12. The zero-order valence-electron chi connectivity index (χ0n) is 19.1. The van der Waals surface area contributed by atoms with Crippen molar-refractivity contribution in [1.82, 2.24) is 0 Å². The van der Waals surface area contributed by atoms with Crippen LogP contribution in [-0.4, -0.2) is 92.8 Å². The van der Waals surface area contributed by atoms with Gasteiger partial charge in [-0.05, 0) is 30.5 Å². The minimum atomic E-state index is -1.66. The molecule has 5 N–H and O–H groups in total. The van der Waals surface area contributed by atoms with E-state index in [0.29, 0.717) is 30.4 Å². The van der Waals surface area contributed by atoms with E-state index in [2.05, 4.69) is 0 Å². The lowest BCUT2D eigenvalue weighted by Crippen LogP contribution is -2.60. The Balaban J connectivity index is 1.36. The predicted octanol–water partition coefficient (Wildman–Crippen LogP) is -0.288. The fraction of sp³-hybridized carbons (Fsp3) is 0.542. The van der Waals surface area contributed by atoms with Gasteiger partial charge in [-0.1, -0.05) is 12.1 Å². The van der Waals surface area contributed by atoms with Crippen molar-refractivity contribution in [3.63, 3.8) is 0 Å². The molecule has 2 heterocycles. The molecule has 3 unspecified atom stereocenters. The molecule has 1 saturated heterocycles. The number of aliphatic hydroxyl groups is 3. The van der Waals surface area contributed by atoms with E-state index in [1.54, 1.807) is 12.1 Å². The predicted molar refractivity (Wildman–Crippen MR) is 118 cm³/mol. The molecule has 1 aromatic carbocycles. The number of aromatic hydroxyl groups is 1. The Hall–Kier alpha value is -3.03. The van der Waals surface area contributed by atoms with Crippen molar-refractivity contribution in [3.8, 4) is 5.75 Å². The molecule has 36 heavy (non-hydrogen) atoms. The first-order valence-corrected chi connectivity index (χ1v) is 11.6. The SMILES string of the molecule is O=C(O)CC(=O)OC[C@H]1O[C@@H](OC2CCC3C(=O)C(c4ccc(O)cc4)=COC3C2)[C@H](O)[C@@H](O)[C@@H]1O. The van der Waals surface area contributed by atoms with Crippen LogP contribution in [-0.2, 0) is 33.3 Å². The van der Waals surface area contributed by atoms with E-state index in [1.165, 1.54) is 18.4 Å². The van der Waals surface area contributed by atoms with E-state index >= 15 is 0 Å². The number of fused-ring (bicyclic) bond motifs is 1. The van der Waals surface area contributed by atoms with Gasteiger partial charge in [0.1, 0.15) is 49.3 Å². The highest BCUT2D eigenvalue weighted by Crippen LogP contribution is 2.38. The Morgan fingerprint density at radius 2 is 1.75 bits per heavy atom. The average Bonchev–Trinajstić information content (AvgIpc) is 2.84. The lowest BCUT2D eigenvalue weighted by Gasteiger charge is -2.43. The Labute approximate surface area is 205 Å². The van der Waals surface area contributed by atoms with Gasteiger partial charge in [-0.25, -0.2) is 0 Å². The van der Waals surface area contributed by atoms with Gasteiger partial charge in [0.25, 0.3) is 0 Å². The Morgan fingerprint density at radius 3 is 2.44 bits per heavy atom. The number of hydrogen-bond donors (Lipinski definition) is 5. The van der Waals surface area contributed by atoms with Crippen LogP contribution < -0.4 is 0 Å². The maximum atomic E-state index is 13.1. The van der Waals surface area contributed by atoms with Crippen molar-refractivity contribution >= 4 is 23.3 Å². The van der Waals surface area contributed by atoms with Crippen molar-refractivity contribution in [2.45, 2.75) is 68.6 Å². The number of aliphatic carboxylic acids is 1. The Bertz CT molecular complexity index is 1000. The molecule has 0 amide bonds. The van der Waals surface area contributed by atoms with Gasteiger partial charge in [-0.3, -0.25) is 14.4 Å². The van der Waals surface area contributed by atoms with Gasteiger partial charge in [0, 0.05) is 6.42 Å². The summed E-state index contributed by atoms with van der Waals surface area (Å²) in [5.74, 6) is -2.82. The highest BCUT2D eigenvalue weighted by molar-refractivity contribution is 6.22. The normalized spacial score (nSPS) is 34.2. The number of carbonyl (C=O) groups is 3. The third kappa shape index (κ3) is 5.68. The molecule has 1 saturated carbocycles. The topological polar surface area (TPSA) is 189 Å². The first kappa shape index (κ1) is 26.0. The van der Waals surface area contributed by atoms with Crippen LogP contribution in [0.3, 0.4) is 0 Å². The zero-order chi connectivity index (χ0) is 26.0. The minimum absolute atomic E-state index is 0.0777. The molecule has 1 aromatic rings. The van der Waals surface area contributed by atoms with Crippen LogP contribution in [0.4, 0.5) is 0 Å². The van der Waals surface area contributed by atoms with Crippen LogP contribution in [0.1, 0.15) is 31.2 Å². The summed E-state index contributed by atoms with van der Waals surface area (Å²) in [6.07, 6.45) is -6.76. The number of carbonyl (C=O) groups excluding carboxylic acids is 2. The van der Waals surface area contributed by atoms with Crippen molar-refractivity contribution in [2.75, 3.05) is 6.61 Å². The second kappa shape index (κ2) is 10.9. The number of aliphatic hydroxyl groups excluding tert-OH is 3. The van der Waals surface area contributed by atoms with E-state index in [-0.39, 0.29) is 11.5 Å². The maximum absolute atomic E-state index is 13.1. The van der Waals surface area contributed by atoms with Crippen molar-refractivity contribution < 1.29 is 58.9 Å². The molecule has 0 bridgehead atoms. The Kier molecular flexibility index (Phi) is 7.91. The smallest absolute Gasteiger partial charge is 0.317 e. The third-order valence-corrected chi connectivity index (χ3v) is 6.58. The summed E-state index contributed by atoms with van der Waals surface area (Å²) >= 11 is 0. The van der Waals surface area contributed by atoms with E-state index in [9.17, 15) is 34.8 Å². The summed E-state index contributed by atoms with van der Waals surface area (Å²) in [5, 5.41) is 48.8. The second-order valence-corrected chi connectivity index (χ2v) is 9.06.